The van der Waals surface area contributed by atoms with Gasteiger partial charge in [-0.05, 0) is 76.3 Å². The molecule has 29 heavy (non-hydrogen) atoms. The third-order valence-electron chi connectivity index (χ3n) is 5.23. The number of phenolic OH excluding ortho intramolecular Hbond substituents is 2. The number of allylic oxidation sites excluding steroid dienone is 4. The lowest BCUT2D eigenvalue weighted by molar-refractivity contribution is 0.0974. The van der Waals surface area contributed by atoms with E-state index in [9.17, 15) is 19.8 Å². The van der Waals surface area contributed by atoms with Gasteiger partial charge in [0.15, 0.2) is 5.78 Å². The molecule has 150 valence electrons. The molecule has 2 aromatic carbocycles. The Morgan fingerprint density at radius 3 is 2.34 bits per heavy atom. The maximum Gasteiger partial charge on any atom is 0.201 e. The highest BCUT2D eigenvalue weighted by Crippen LogP contribution is 2.38. The molecular formula is C25H26O4. The summed E-state index contributed by atoms with van der Waals surface area (Å²) in [7, 11) is 0. The van der Waals surface area contributed by atoms with E-state index in [0.717, 1.165) is 12.8 Å². The van der Waals surface area contributed by atoms with Crippen LogP contribution >= 0.6 is 0 Å². The summed E-state index contributed by atoms with van der Waals surface area (Å²) in [5.74, 6) is -1.29. The zero-order valence-electron chi connectivity index (χ0n) is 17.3. The molecule has 0 saturated heterocycles. The van der Waals surface area contributed by atoms with Crippen LogP contribution in [0.5, 0.6) is 11.5 Å². The Hall–Kier alpha value is -3.14. The highest BCUT2D eigenvalue weighted by Gasteiger charge is 2.35. The first-order chi connectivity index (χ1) is 13.7. The predicted octanol–water partition coefficient (Wildman–Crippen LogP) is 5.42. The van der Waals surface area contributed by atoms with E-state index in [1.807, 2.05) is 13.0 Å². The number of aromatic hydroxyl groups is 2. The third-order valence-corrected chi connectivity index (χ3v) is 5.23. The standard InChI is InChI=1S/C25H26O4/c1-14(2)6-5-7-15(3)8-9-17-10-11-18-22(23(17)27)25(29)21-19(24(18)28)12-16(4)13-20(21)26/h6,8,10-13,26-27H,5,7,9H2,1-4H3. The van der Waals surface area contributed by atoms with Crippen molar-refractivity contribution in [2.45, 2.75) is 47.0 Å². The second-order valence-electron chi connectivity index (χ2n) is 7.94. The molecule has 0 spiro atoms. The van der Waals surface area contributed by atoms with E-state index >= 15 is 0 Å². The maximum absolute atomic E-state index is 13.0. The van der Waals surface area contributed by atoms with Crippen molar-refractivity contribution in [2.24, 2.45) is 0 Å². The normalized spacial score (nSPS) is 13.2. The Balaban J connectivity index is 1.94. The lowest BCUT2D eigenvalue weighted by Crippen LogP contribution is -2.22. The average Bonchev–Trinajstić information content (AvgIpc) is 2.64. The van der Waals surface area contributed by atoms with Gasteiger partial charge in [-0.1, -0.05) is 29.4 Å². The molecule has 0 radical (unpaired) electrons. The molecule has 0 heterocycles. The van der Waals surface area contributed by atoms with Crippen LogP contribution in [0.15, 0.2) is 47.6 Å². The van der Waals surface area contributed by atoms with Crippen LogP contribution in [0.25, 0.3) is 0 Å². The number of phenols is 2. The second kappa shape index (κ2) is 8.08. The fourth-order valence-electron chi connectivity index (χ4n) is 3.65. The minimum absolute atomic E-state index is 0.0188. The van der Waals surface area contributed by atoms with Gasteiger partial charge in [-0.15, -0.1) is 0 Å². The van der Waals surface area contributed by atoms with E-state index in [1.165, 1.54) is 17.2 Å². The van der Waals surface area contributed by atoms with Gasteiger partial charge in [-0.3, -0.25) is 9.59 Å². The molecule has 4 nitrogen and oxygen atoms in total. The average molecular weight is 390 g/mol. The summed E-state index contributed by atoms with van der Waals surface area (Å²) in [5.41, 5.74) is 4.07. The van der Waals surface area contributed by atoms with Crippen LogP contribution in [0.4, 0.5) is 0 Å². The van der Waals surface area contributed by atoms with E-state index in [2.05, 4.69) is 19.9 Å². The predicted molar refractivity (Wildman–Crippen MR) is 114 cm³/mol. The number of rotatable bonds is 5. The van der Waals surface area contributed by atoms with Crippen LogP contribution < -0.4 is 0 Å². The fourth-order valence-corrected chi connectivity index (χ4v) is 3.65. The van der Waals surface area contributed by atoms with E-state index in [0.29, 0.717) is 17.5 Å². The van der Waals surface area contributed by atoms with Crippen LogP contribution in [-0.2, 0) is 6.42 Å². The van der Waals surface area contributed by atoms with Gasteiger partial charge in [-0.25, -0.2) is 0 Å². The van der Waals surface area contributed by atoms with Gasteiger partial charge >= 0.3 is 0 Å². The van der Waals surface area contributed by atoms with Gasteiger partial charge in [-0.2, -0.15) is 0 Å². The highest BCUT2D eigenvalue weighted by atomic mass is 16.3. The van der Waals surface area contributed by atoms with Crippen molar-refractivity contribution in [1.82, 2.24) is 0 Å². The Morgan fingerprint density at radius 1 is 0.931 bits per heavy atom. The Labute approximate surface area is 171 Å². The van der Waals surface area contributed by atoms with Crippen LogP contribution in [0, 0.1) is 6.92 Å². The first kappa shape index (κ1) is 20.6. The molecule has 0 atom stereocenters. The molecule has 0 saturated carbocycles. The summed E-state index contributed by atoms with van der Waals surface area (Å²) in [6, 6.07) is 6.34. The number of benzene rings is 2. The van der Waals surface area contributed by atoms with Crippen molar-refractivity contribution >= 4 is 11.6 Å². The molecule has 0 aromatic heterocycles. The van der Waals surface area contributed by atoms with Crippen molar-refractivity contribution < 1.29 is 19.8 Å². The minimum atomic E-state index is -0.518. The number of ketones is 2. The second-order valence-corrected chi connectivity index (χ2v) is 7.94. The highest BCUT2D eigenvalue weighted by molar-refractivity contribution is 6.30. The molecule has 0 fully saturated rings. The smallest absolute Gasteiger partial charge is 0.201 e. The molecule has 2 aromatic rings. The fraction of sp³-hybridized carbons (Fsp3) is 0.280. The van der Waals surface area contributed by atoms with Crippen LogP contribution in [0.2, 0.25) is 0 Å². The summed E-state index contributed by atoms with van der Waals surface area (Å²) in [6.07, 6.45) is 6.57. The number of fused-ring (bicyclic) bond motifs is 2. The van der Waals surface area contributed by atoms with E-state index in [4.69, 9.17) is 0 Å². The quantitative estimate of drug-likeness (QED) is 0.571. The summed E-state index contributed by atoms with van der Waals surface area (Å²) in [5, 5.41) is 21.0. The molecule has 1 aliphatic carbocycles. The zero-order valence-corrected chi connectivity index (χ0v) is 17.3. The minimum Gasteiger partial charge on any atom is -0.507 e. The van der Waals surface area contributed by atoms with Gasteiger partial charge in [0.05, 0.1) is 11.1 Å². The largest absolute Gasteiger partial charge is 0.507 e. The monoisotopic (exact) mass is 390 g/mol. The van der Waals surface area contributed by atoms with Crippen molar-refractivity contribution in [3.63, 3.8) is 0 Å². The molecular weight excluding hydrogens is 364 g/mol. The summed E-state index contributed by atoms with van der Waals surface area (Å²) in [4.78, 5) is 25.9. The summed E-state index contributed by atoms with van der Waals surface area (Å²) >= 11 is 0. The third kappa shape index (κ3) is 4.02. The first-order valence-electron chi connectivity index (χ1n) is 9.77. The number of carbonyl (C=O) groups is 2. The van der Waals surface area contributed by atoms with E-state index in [-0.39, 0.29) is 39.5 Å². The SMILES string of the molecule is CC(C)=CCCC(C)=CCc1ccc2c(c1O)C(=O)c1c(O)cc(C)cc1C2=O. The Kier molecular flexibility index (Phi) is 5.73. The molecule has 1 aliphatic rings. The van der Waals surface area contributed by atoms with Gasteiger partial charge in [0.1, 0.15) is 11.5 Å². The van der Waals surface area contributed by atoms with E-state index < -0.39 is 5.78 Å². The van der Waals surface area contributed by atoms with Gasteiger partial charge < -0.3 is 10.2 Å². The molecule has 0 amide bonds. The van der Waals surface area contributed by atoms with Crippen molar-refractivity contribution in [1.29, 1.82) is 0 Å². The van der Waals surface area contributed by atoms with Crippen molar-refractivity contribution in [3.8, 4) is 11.5 Å². The van der Waals surface area contributed by atoms with Gasteiger partial charge in [0, 0.05) is 11.1 Å². The number of hydrogen-bond acceptors (Lipinski definition) is 4. The Bertz CT molecular complexity index is 1070. The van der Waals surface area contributed by atoms with Crippen LogP contribution in [0.3, 0.4) is 0 Å². The molecule has 3 rings (SSSR count). The lowest BCUT2D eigenvalue weighted by atomic mass is 9.81. The van der Waals surface area contributed by atoms with Crippen molar-refractivity contribution in [2.75, 3.05) is 0 Å². The van der Waals surface area contributed by atoms with E-state index in [1.54, 1.807) is 25.1 Å². The lowest BCUT2D eigenvalue weighted by Gasteiger charge is -2.21. The van der Waals surface area contributed by atoms with Crippen LogP contribution in [0.1, 0.15) is 76.6 Å². The molecule has 0 bridgehead atoms. The summed E-state index contributed by atoms with van der Waals surface area (Å²) < 4.78 is 0. The summed E-state index contributed by atoms with van der Waals surface area (Å²) in [6.45, 7) is 7.93. The molecule has 0 aliphatic heterocycles. The van der Waals surface area contributed by atoms with Gasteiger partial charge in [0.25, 0.3) is 0 Å². The first-order valence-corrected chi connectivity index (χ1v) is 9.77. The number of carbonyl (C=O) groups excluding carboxylic acids is 2. The van der Waals surface area contributed by atoms with Crippen LogP contribution in [-0.4, -0.2) is 21.8 Å². The molecule has 0 unspecified atom stereocenters. The topological polar surface area (TPSA) is 74.6 Å². The number of hydrogen-bond donors (Lipinski definition) is 2. The van der Waals surface area contributed by atoms with Crippen molar-refractivity contribution in [3.05, 3.63) is 80.9 Å². The molecule has 4 heteroatoms. The van der Waals surface area contributed by atoms with Gasteiger partial charge in [0.2, 0.25) is 5.78 Å². The maximum atomic E-state index is 13.0. The zero-order chi connectivity index (χ0) is 21.3. The molecule has 2 N–H and O–H groups in total. The number of aryl methyl sites for hydroxylation is 1. The Morgan fingerprint density at radius 2 is 1.66 bits per heavy atom.